The number of aromatic carboxylic acids is 1. The number of benzene rings is 3. The largest absolute Gasteiger partial charge is 0.478 e. The molecule has 0 saturated carbocycles. The molecule has 0 fully saturated rings. The average molecular weight is 491 g/mol. The van der Waals surface area contributed by atoms with Crippen molar-refractivity contribution in [2.45, 2.75) is 26.4 Å². The van der Waals surface area contributed by atoms with Gasteiger partial charge < -0.3 is 14.4 Å². The first-order valence-electron chi connectivity index (χ1n) is 10.9. The topological polar surface area (TPSA) is 102 Å². The van der Waals surface area contributed by atoms with Gasteiger partial charge in [-0.25, -0.2) is 9.59 Å². The van der Waals surface area contributed by atoms with Crippen LogP contribution in [0.1, 0.15) is 45.8 Å². The van der Waals surface area contributed by atoms with Crippen molar-refractivity contribution in [2.24, 2.45) is 0 Å². The number of rotatable bonds is 7. The van der Waals surface area contributed by atoms with E-state index in [1.807, 2.05) is 42.5 Å². The highest BCUT2D eigenvalue weighted by Crippen LogP contribution is 2.31. The Labute approximate surface area is 207 Å². The third-order valence-corrected chi connectivity index (χ3v) is 5.87. The van der Waals surface area contributed by atoms with E-state index >= 15 is 0 Å². The monoisotopic (exact) mass is 490 g/mol. The van der Waals surface area contributed by atoms with Crippen LogP contribution in [-0.2, 0) is 11.2 Å². The van der Waals surface area contributed by atoms with E-state index in [2.05, 4.69) is 10.5 Å². The number of anilines is 1. The van der Waals surface area contributed by atoms with Gasteiger partial charge in [-0.3, -0.25) is 5.32 Å². The molecule has 3 aromatic carbocycles. The molecule has 35 heavy (non-hydrogen) atoms. The summed E-state index contributed by atoms with van der Waals surface area (Å²) in [5.41, 5.74) is 4.50. The maximum Gasteiger partial charge on any atom is 0.412 e. The zero-order valence-electron chi connectivity index (χ0n) is 19.1. The van der Waals surface area contributed by atoms with Gasteiger partial charge >= 0.3 is 12.1 Å². The number of carboxylic acids is 1. The predicted molar refractivity (Wildman–Crippen MR) is 133 cm³/mol. The Morgan fingerprint density at radius 2 is 1.80 bits per heavy atom. The lowest BCUT2D eigenvalue weighted by Crippen LogP contribution is -2.17. The summed E-state index contributed by atoms with van der Waals surface area (Å²) in [7, 11) is 0. The lowest BCUT2D eigenvalue weighted by Gasteiger charge is -2.15. The van der Waals surface area contributed by atoms with Crippen LogP contribution in [0.3, 0.4) is 0 Å². The Hall–Kier alpha value is -4.10. The summed E-state index contributed by atoms with van der Waals surface area (Å²) in [6.45, 7) is 3.44. The summed E-state index contributed by atoms with van der Waals surface area (Å²) in [5.74, 6) is -0.514. The third kappa shape index (κ3) is 5.70. The molecule has 0 spiro atoms. The van der Waals surface area contributed by atoms with E-state index in [-0.39, 0.29) is 5.56 Å². The molecule has 8 heteroatoms. The lowest BCUT2D eigenvalue weighted by molar-refractivity contribution is 0.0696. The summed E-state index contributed by atoms with van der Waals surface area (Å²) in [6, 6.07) is 21.6. The molecule has 0 aliphatic rings. The number of nitrogens with one attached hydrogen (secondary N) is 1. The Morgan fingerprint density at radius 3 is 2.51 bits per heavy atom. The van der Waals surface area contributed by atoms with E-state index in [1.54, 1.807) is 44.2 Å². The number of hydrogen-bond donors (Lipinski definition) is 2. The van der Waals surface area contributed by atoms with Crippen LogP contribution in [0.2, 0.25) is 5.02 Å². The van der Waals surface area contributed by atoms with Gasteiger partial charge in [-0.1, -0.05) is 71.4 Å². The van der Waals surface area contributed by atoms with Crippen molar-refractivity contribution in [3.63, 3.8) is 0 Å². The molecule has 1 atom stereocenters. The fraction of sp³-hybridized carbons (Fsp3) is 0.148. The number of carbonyl (C=O) groups excluding carboxylic acids is 1. The van der Waals surface area contributed by atoms with Crippen molar-refractivity contribution in [3.05, 3.63) is 106 Å². The molecule has 1 amide bonds. The van der Waals surface area contributed by atoms with Crippen LogP contribution in [-0.4, -0.2) is 22.3 Å². The SMILES string of the molecule is Cc1onc(-c2ccc(Cc3cccc(C(=O)O)c3)cc2)c1NC(=O)OC(C)c1ccccc1Cl. The van der Waals surface area contributed by atoms with E-state index in [0.29, 0.717) is 34.1 Å². The molecule has 1 aromatic heterocycles. The number of hydrogen-bond acceptors (Lipinski definition) is 5. The van der Waals surface area contributed by atoms with E-state index in [4.69, 9.17) is 20.9 Å². The van der Waals surface area contributed by atoms with Gasteiger partial charge in [0.05, 0.1) is 5.56 Å². The van der Waals surface area contributed by atoms with E-state index in [1.165, 1.54) is 0 Å². The number of nitrogens with zero attached hydrogens (tertiary/aromatic N) is 1. The fourth-order valence-corrected chi connectivity index (χ4v) is 4.00. The first-order chi connectivity index (χ1) is 16.8. The van der Waals surface area contributed by atoms with Crippen LogP contribution < -0.4 is 5.32 Å². The number of aromatic nitrogens is 1. The second-order valence-corrected chi connectivity index (χ2v) is 8.44. The highest BCUT2D eigenvalue weighted by molar-refractivity contribution is 6.31. The molecular weight excluding hydrogens is 468 g/mol. The van der Waals surface area contributed by atoms with Crippen molar-refractivity contribution >= 4 is 29.4 Å². The van der Waals surface area contributed by atoms with Crippen molar-refractivity contribution < 1.29 is 24.0 Å². The maximum absolute atomic E-state index is 12.6. The predicted octanol–water partition coefficient (Wildman–Crippen LogP) is 6.90. The van der Waals surface area contributed by atoms with Crippen molar-refractivity contribution in [1.29, 1.82) is 0 Å². The normalized spacial score (nSPS) is 11.6. The number of amides is 1. The van der Waals surface area contributed by atoms with Gasteiger partial charge in [-0.05, 0) is 49.6 Å². The van der Waals surface area contributed by atoms with E-state index < -0.39 is 18.2 Å². The molecule has 4 aromatic rings. The number of halogens is 1. The van der Waals surface area contributed by atoms with Crippen molar-refractivity contribution in [2.75, 3.05) is 5.32 Å². The van der Waals surface area contributed by atoms with Gasteiger partial charge in [0.25, 0.3) is 0 Å². The second kappa shape index (κ2) is 10.4. The Balaban J connectivity index is 1.47. The molecule has 0 aliphatic heterocycles. The molecule has 0 saturated heterocycles. The quantitative estimate of drug-likeness (QED) is 0.292. The maximum atomic E-state index is 12.6. The smallest absolute Gasteiger partial charge is 0.412 e. The van der Waals surface area contributed by atoms with Gasteiger partial charge in [-0.15, -0.1) is 0 Å². The van der Waals surface area contributed by atoms with Gasteiger partial charge in [0.2, 0.25) is 0 Å². The highest BCUT2D eigenvalue weighted by atomic mass is 35.5. The summed E-state index contributed by atoms with van der Waals surface area (Å²) in [6.07, 6.45) is -0.623. The van der Waals surface area contributed by atoms with E-state index in [0.717, 1.165) is 16.7 Å². The van der Waals surface area contributed by atoms with Crippen LogP contribution in [0.5, 0.6) is 0 Å². The van der Waals surface area contributed by atoms with Gasteiger partial charge in [0.15, 0.2) is 5.76 Å². The molecule has 0 radical (unpaired) electrons. The third-order valence-electron chi connectivity index (χ3n) is 5.53. The Kier molecular flexibility index (Phi) is 7.17. The van der Waals surface area contributed by atoms with Crippen LogP contribution in [0.15, 0.2) is 77.3 Å². The molecule has 1 unspecified atom stereocenters. The molecule has 2 N–H and O–H groups in total. The summed E-state index contributed by atoms with van der Waals surface area (Å²) >= 11 is 6.20. The minimum atomic E-state index is -0.955. The highest BCUT2D eigenvalue weighted by Gasteiger charge is 2.20. The number of carboxylic acid groups (broad SMARTS) is 1. The number of aryl methyl sites for hydroxylation is 1. The number of ether oxygens (including phenoxy) is 1. The zero-order chi connectivity index (χ0) is 24.9. The molecule has 0 aliphatic carbocycles. The minimum absolute atomic E-state index is 0.253. The standard InChI is InChI=1S/C27H23ClN2O5/c1-16(22-8-3-4-9-23(22)28)34-27(33)29-24-17(2)35-30-25(24)20-12-10-18(11-13-20)14-19-6-5-7-21(15-19)26(31)32/h3-13,15-16H,14H2,1-2H3,(H,29,33)(H,31,32). The fourth-order valence-electron chi connectivity index (χ4n) is 3.71. The molecular formula is C27H23ClN2O5. The van der Waals surface area contributed by atoms with Crippen LogP contribution in [0.25, 0.3) is 11.3 Å². The Bertz CT molecular complexity index is 1360. The summed E-state index contributed by atoms with van der Waals surface area (Å²) in [4.78, 5) is 23.8. The van der Waals surface area contributed by atoms with Crippen molar-refractivity contribution in [1.82, 2.24) is 5.16 Å². The van der Waals surface area contributed by atoms with Crippen molar-refractivity contribution in [3.8, 4) is 11.3 Å². The summed E-state index contributed by atoms with van der Waals surface area (Å²) in [5, 5.41) is 16.5. The zero-order valence-corrected chi connectivity index (χ0v) is 19.9. The first-order valence-corrected chi connectivity index (χ1v) is 11.3. The minimum Gasteiger partial charge on any atom is -0.478 e. The lowest BCUT2D eigenvalue weighted by atomic mass is 10.0. The molecule has 178 valence electrons. The first kappa shape index (κ1) is 24.0. The van der Waals surface area contributed by atoms with Crippen LogP contribution >= 0.6 is 11.6 Å². The number of carbonyl (C=O) groups is 2. The summed E-state index contributed by atoms with van der Waals surface area (Å²) < 4.78 is 10.8. The molecule has 4 rings (SSSR count). The molecule has 7 nitrogen and oxygen atoms in total. The van der Waals surface area contributed by atoms with E-state index in [9.17, 15) is 14.7 Å². The van der Waals surface area contributed by atoms with Crippen LogP contribution in [0.4, 0.5) is 10.5 Å². The molecule has 0 bridgehead atoms. The van der Waals surface area contributed by atoms with Crippen LogP contribution in [0, 0.1) is 6.92 Å². The second-order valence-electron chi connectivity index (χ2n) is 8.04. The Morgan fingerprint density at radius 1 is 1.06 bits per heavy atom. The molecule has 1 heterocycles. The van der Waals surface area contributed by atoms with Gasteiger partial charge in [0, 0.05) is 16.1 Å². The van der Waals surface area contributed by atoms with Gasteiger partial charge in [0.1, 0.15) is 17.5 Å². The van der Waals surface area contributed by atoms with Gasteiger partial charge in [-0.2, -0.15) is 0 Å². The average Bonchev–Trinajstić information content (AvgIpc) is 3.19.